The number of amides is 1. The fraction of sp³-hybridized carbons (Fsp3) is 0.321. The van der Waals surface area contributed by atoms with Crippen LogP contribution in [0.5, 0.6) is 0 Å². The second-order valence-corrected chi connectivity index (χ2v) is 8.82. The van der Waals surface area contributed by atoms with Gasteiger partial charge in [0.1, 0.15) is 0 Å². The summed E-state index contributed by atoms with van der Waals surface area (Å²) in [5, 5.41) is 0. The number of likely N-dealkylation sites (tertiary alicyclic amines) is 1. The van der Waals surface area contributed by atoms with E-state index in [0.717, 1.165) is 50.1 Å². The number of fused-ring (bicyclic) bond motifs is 1. The Kier molecular flexibility index (Phi) is 5.86. The standard InChI is InChI=1S/C28H30N2O/c31-28(27(23-11-3-1-4-12-23)24-13-5-2-6-14-24)30-18-9-16-26(21-30)29-19-17-22-10-7-8-15-25(22)20-29/h1-8,10-15,26-27H,9,16-21H2/t26-/m1/s1. The maximum absolute atomic E-state index is 13.8. The molecule has 31 heavy (non-hydrogen) atoms. The summed E-state index contributed by atoms with van der Waals surface area (Å²) in [5.41, 5.74) is 5.08. The maximum atomic E-state index is 13.8. The van der Waals surface area contributed by atoms with Gasteiger partial charge in [-0.3, -0.25) is 9.69 Å². The lowest BCUT2D eigenvalue weighted by molar-refractivity contribution is -0.134. The zero-order valence-corrected chi connectivity index (χ0v) is 18.0. The highest BCUT2D eigenvalue weighted by Crippen LogP contribution is 2.30. The van der Waals surface area contributed by atoms with Crippen molar-refractivity contribution in [1.29, 1.82) is 0 Å². The zero-order chi connectivity index (χ0) is 21.0. The smallest absolute Gasteiger partial charge is 0.234 e. The van der Waals surface area contributed by atoms with Gasteiger partial charge in [-0.25, -0.2) is 0 Å². The van der Waals surface area contributed by atoms with Crippen LogP contribution in [0.3, 0.4) is 0 Å². The predicted octanol–water partition coefficient (Wildman–Crippen LogP) is 4.87. The van der Waals surface area contributed by atoms with Crippen molar-refractivity contribution in [3.63, 3.8) is 0 Å². The van der Waals surface area contributed by atoms with E-state index in [-0.39, 0.29) is 11.8 Å². The molecule has 1 fully saturated rings. The topological polar surface area (TPSA) is 23.6 Å². The monoisotopic (exact) mass is 410 g/mol. The summed E-state index contributed by atoms with van der Waals surface area (Å²) in [6, 6.07) is 29.7. The van der Waals surface area contributed by atoms with Crippen molar-refractivity contribution in [1.82, 2.24) is 9.80 Å². The molecule has 0 N–H and O–H groups in total. The first-order valence-corrected chi connectivity index (χ1v) is 11.5. The van der Waals surface area contributed by atoms with E-state index in [1.165, 1.54) is 17.5 Å². The summed E-state index contributed by atoms with van der Waals surface area (Å²) in [5.74, 6) is 0.00254. The second kappa shape index (κ2) is 9.07. The van der Waals surface area contributed by atoms with Gasteiger partial charge in [0.05, 0.1) is 5.92 Å². The van der Waals surface area contributed by atoms with E-state index in [1.807, 2.05) is 36.4 Å². The first-order valence-electron chi connectivity index (χ1n) is 11.5. The summed E-state index contributed by atoms with van der Waals surface area (Å²) in [4.78, 5) is 18.6. The van der Waals surface area contributed by atoms with Crippen LogP contribution in [0.1, 0.15) is 41.0 Å². The van der Waals surface area contributed by atoms with Gasteiger partial charge in [-0.1, -0.05) is 84.9 Å². The fourth-order valence-electron chi connectivity index (χ4n) is 5.23. The average Bonchev–Trinajstić information content (AvgIpc) is 2.85. The molecule has 2 aliphatic heterocycles. The molecule has 1 amide bonds. The van der Waals surface area contributed by atoms with Crippen LogP contribution in [0.25, 0.3) is 0 Å². The summed E-state index contributed by atoms with van der Waals surface area (Å²) in [6.45, 7) is 3.78. The van der Waals surface area contributed by atoms with E-state index in [0.29, 0.717) is 6.04 Å². The SMILES string of the molecule is O=C(C(c1ccccc1)c1ccccc1)N1CCC[C@@H](N2CCc3ccccc3C2)C1. The lowest BCUT2D eigenvalue weighted by Crippen LogP contribution is -2.51. The molecule has 0 aromatic heterocycles. The van der Waals surface area contributed by atoms with Crippen molar-refractivity contribution in [2.75, 3.05) is 19.6 Å². The number of rotatable bonds is 4. The Hall–Kier alpha value is -2.91. The molecular weight excluding hydrogens is 380 g/mol. The number of carbonyl (C=O) groups is 1. The number of benzene rings is 3. The number of nitrogens with zero attached hydrogens (tertiary/aromatic N) is 2. The van der Waals surface area contributed by atoms with Crippen LogP contribution in [0.2, 0.25) is 0 Å². The highest BCUT2D eigenvalue weighted by molar-refractivity contribution is 5.87. The first kappa shape index (κ1) is 20.0. The van der Waals surface area contributed by atoms with Crippen molar-refractivity contribution in [3.8, 4) is 0 Å². The Morgan fingerprint density at radius 3 is 2.06 bits per heavy atom. The fourth-order valence-corrected chi connectivity index (χ4v) is 5.23. The molecule has 1 saturated heterocycles. The summed E-state index contributed by atoms with van der Waals surface area (Å²) < 4.78 is 0. The molecule has 0 bridgehead atoms. The molecule has 1 atom stereocenters. The van der Waals surface area contributed by atoms with Crippen molar-refractivity contribution in [2.24, 2.45) is 0 Å². The van der Waals surface area contributed by atoms with Crippen molar-refractivity contribution >= 4 is 5.91 Å². The molecule has 158 valence electrons. The summed E-state index contributed by atoms with van der Waals surface area (Å²) in [7, 11) is 0. The lowest BCUT2D eigenvalue weighted by Gasteiger charge is -2.42. The molecule has 0 spiro atoms. The third-order valence-electron chi connectivity index (χ3n) is 6.90. The Morgan fingerprint density at radius 1 is 0.774 bits per heavy atom. The van der Waals surface area contributed by atoms with Gasteiger partial charge in [0.2, 0.25) is 5.91 Å². The van der Waals surface area contributed by atoms with Gasteiger partial charge in [-0.2, -0.15) is 0 Å². The van der Waals surface area contributed by atoms with E-state index in [4.69, 9.17) is 0 Å². The molecule has 3 heteroatoms. The third-order valence-corrected chi connectivity index (χ3v) is 6.90. The minimum atomic E-state index is -0.233. The molecule has 0 saturated carbocycles. The molecule has 3 aromatic rings. The van der Waals surface area contributed by atoms with Crippen molar-refractivity contribution in [3.05, 3.63) is 107 Å². The van der Waals surface area contributed by atoms with E-state index < -0.39 is 0 Å². The minimum Gasteiger partial charge on any atom is -0.340 e. The zero-order valence-electron chi connectivity index (χ0n) is 18.0. The van der Waals surface area contributed by atoms with Gasteiger partial charge in [0, 0.05) is 32.2 Å². The Morgan fingerprint density at radius 2 is 1.39 bits per heavy atom. The largest absolute Gasteiger partial charge is 0.340 e. The highest BCUT2D eigenvalue weighted by atomic mass is 16.2. The average molecular weight is 411 g/mol. The van der Waals surface area contributed by atoms with Crippen molar-refractivity contribution < 1.29 is 4.79 Å². The Balaban J connectivity index is 1.36. The number of piperidine rings is 1. The van der Waals surface area contributed by atoms with Crippen LogP contribution < -0.4 is 0 Å². The molecule has 0 unspecified atom stereocenters. The van der Waals surface area contributed by atoms with E-state index >= 15 is 0 Å². The molecule has 0 aliphatic carbocycles. The number of hydrogen-bond donors (Lipinski definition) is 0. The van der Waals surface area contributed by atoms with Gasteiger partial charge < -0.3 is 4.90 Å². The van der Waals surface area contributed by atoms with Crippen LogP contribution >= 0.6 is 0 Å². The second-order valence-electron chi connectivity index (χ2n) is 8.82. The van der Waals surface area contributed by atoms with Gasteiger partial charge in [-0.05, 0) is 41.5 Å². The van der Waals surface area contributed by atoms with Gasteiger partial charge in [0.15, 0.2) is 0 Å². The summed E-state index contributed by atoms with van der Waals surface area (Å²) in [6.07, 6.45) is 3.36. The van der Waals surface area contributed by atoms with Crippen LogP contribution in [0.15, 0.2) is 84.9 Å². The van der Waals surface area contributed by atoms with Crippen LogP contribution in [0, 0.1) is 0 Å². The van der Waals surface area contributed by atoms with Crippen LogP contribution in [-0.2, 0) is 17.8 Å². The molecule has 0 radical (unpaired) electrons. The van der Waals surface area contributed by atoms with E-state index in [9.17, 15) is 4.79 Å². The number of hydrogen-bond acceptors (Lipinski definition) is 2. The minimum absolute atomic E-state index is 0.233. The normalized spacial score (nSPS) is 19.3. The highest BCUT2D eigenvalue weighted by Gasteiger charge is 2.33. The molecule has 2 aliphatic rings. The lowest BCUT2D eigenvalue weighted by atomic mass is 9.89. The Bertz CT molecular complexity index is 978. The van der Waals surface area contributed by atoms with E-state index in [1.54, 1.807) is 0 Å². The van der Waals surface area contributed by atoms with Gasteiger partial charge in [0.25, 0.3) is 0 Å². The van der Waals surface area contributed by atoms with E-state index in [2.05, 4.69) is 58.3 Å². The quantitative estimate of drug-likeness (QED) is 0.613. The van der Waals surface area contributed by atoms with Crippen molar-refractivity contribution in [2.45, 2.75) is 37.8 Å². The molecule has 3 nitrogen and oxygen atoms in total. The number of carbonyl (C=O) groups excluding carboxylic acids is 1. The van der Waals surface area contributed by atoms with Crippen LogP contribution in [-0.4, -0.2) is 41.4 Å². The van der Waals surface area contributed by atoms with Gasteiger partial charge >= 0.3 is 0 Å². The van der Waals surface area contributed by atoms with Crippen LogP contribution in [0.4, 0.5) is 0 Å². The molecular formula is C28H30N2O. The Labute approximate surface area is 185 Å². The molecule has 5 rings (SSSR count). The molecule has 2 heterocycles. The third kappa shape index (κ3) is 4.28. The maximum Gasteiger partial charge on any atom is 0.234 e. The summed E-state index contributed by atoms with van der Waals surface area (Å²) >= 11 is 0. The first-order chi connectivity index (χ1) is 15.3. The predicted molar refractivity (Wildman–Crippen MR) is 125 cm³/mol. The molecule has 3 aromatic carbocycles. The van der Waals surface area contributed by atoms with Gasteiger partial charge in [-0.15, -0.1) is 0 Å².